The number of benzene rings is 1. The van der Waals surface area contributed by atoms with Gasteiger partial charge >= 0.3 is 0 Å². The van der Waals surface area contributed by atoms with Crippen molar-refractivity contribution >= 4 is 18.2 Å². The molecule has 0 heterocycles. The van der Waals surface area contributed by atoms with Gasteiger partial charge in [0.05, 0.1) is 6.04 Å². The summed E-state index contributed by atoms with van der Waals surface area (Å²) in [7, 11) is 1.85. The van der Waals surface area contributed by atoms with E-state index in [4.69, 9.17) is 0 Å². The van der Waals surface area contributed by atoms with Crippen LogP contribution in [0.5, 0.6) is 0 Å². The highest BCUT2D eigenvalue weighted by atomic mass is 35.5. The SMILES string of the molecule is CCCCC(NC)C(=O)c1ccc(C)cc1.Cl. The molecule has 1 aromatic carbocycles. The monoisotopic (exact) mass is 255 g/mol. The Morgan fingerprint density at radius 2 is 1.88 bits per heavy atom. The van der Waals surface area contributed by atoms with Gasteiger partial charge in [-0.1, -0.05) is 49.6 Å². The zero-order chi connectivity index (χ0) is 12.0. The maximum Gasteiger partial charge on any atom is 0.179 e. The summed E-state index contributed by atoms with van der Waals surface area (Å²) in [6.45, 7) is 4.17. The molecule has 1 aromatic rings. The molecule has 0 saturated heterocycles. The van der Waals surface area contributed by atoms with Crippen molar-refractivity contribution in [1.29, 1.82) is 0 Å². The molecule has 1 unspecified atom stereocenters. The first-order valence-electron chi connectivity index (χ1n) is 5.97. The van der Waals surface area contributed by atoms with Gasteiger partial charge in [-0.05, 0) is 20.4 Å². The van der Waals surface area contributed by atoms with Crippen LogP contribution in [-0.2, 0) is 0 Å². The Hall–Kier alpha value is -0.860. The highest BCUT2D eigenvalue weighted by Gasteiger charge is 2.16. The second kappa shape index (κ2) is 8.26. The average Bonchev–Trinajstić information content (AvgIpc) is 2.30. The van der Waals surface area contributed by atoms with Crippen LogP contribution >= 0.6 is 12.4 Å². The number of ketones is 1. The van der Waals surface area contributed by atoms with Crippen molar-refractivity contribution in [3.63, 3.8) is 0 Å². The largest absolute Gasteiger partial charge is 0.310 e. The van der Waals surface area contributed by atoms with Crippen LogP contribution in [0.1, 0.15) is 42.1 Å². The molecule has 1 rings (SSSR count). The van der Waals surface area contributed by atoms with Crippen LogP contribution in [-0.4, -0.2) is 18.9 Å². The van der Waals surface area contributed by atoms with Crippen LogP contribution in [0.3, 0.4) is 0 Å². The fourth-order valence-corrected chi connectivity index (χ4v) is 1.73. The highest BCUT2D eigenvalue weighted by Crippen LogP contribution is 2.10. The Morgan fingerprint density at radius 3 is 2.35 bits per heavy atom. The summed E-state index contributed by atoms with van der Waals surface area (Å²) in [4.78, 5) is 12.1. The molecule has 2 nitrogen and oxygen atoms in total. The van der Waals surface area contributed by atoms with E-state index in [-0.39, 0.29) is 24.2 Å². The molecule has 0 fully saturated rings. The van der Waals surface area contributed by atoms with Crippen molar-refractivity contribution in [2.75, 3.05) is 7.05 Å². The second-order valence-electron chi connectivity index (χ2n) is 4.21. The van der Waals surface area contributed by atoms with Gasteiger partial charge in [0.2, 0.25) is 0 Å². The van der Waals surface area contributed by atoms with Crippen molar-refractivity contribution < 1.29 is 4.79 Å². The van der Waals surface area contributed by atoms with Crippen LogP contribution in [0.15, 0.2) is 24.3 Å². The van der Waals surface area contributed by atoms with Crippen LogP contribution in [0.2, 0.25) is 0 Å². The quantitative estimate of drug-likeness (QED) is 0.790. The van der Waals surface area contributed by atoms with Gasteiger partial charge in [0, 0.05) is 5.56 Å². The highest BCUT2D eigenvalue weighted by molar-refractivity contribution is 6.00. The zero-order valence-electron chi connectivity index (χ0n) is 10.8. The lowest BCUT2D eigenvalue weighted by Gasteiger charge is -2.14. The normalized spacial score (nSPS) is 11.7. The van der Waals surface area contributed by atoms with E-state index in [0.717, 1.165) is 24.8 Å². The van der Waals surface area contributed by atoms with Crippen molar-refractivity contribution in [3.8, 4) is 0 Å². The fourth-order valence-electron chi connectivity index (χ4n) is 1.73. The first-order chi connectivity index (χ1) is 7.69. The summed E-state index contributed by atoms with van der Waals surface area (Å²) in [5, 5.41) is 3.10. The van der Waals surface area contributed by atoms with Gasteiger partial charge in [0.25, 0.3) is 0 Å². The summed E-state index contributed by atoms with van der Waals surface area (Å²) in [6, 6.07) is 7.75. The van der Waals surface area contributed by atoms with Gasteiger partial charge in [0.1, 0.15) is 0 Å². The minimum atomic E-state index is -0.0392. The minimum Gasteiger partial charge on any atom is -0.310 e. The molecule has 1 atom stereocenters. The van der Waals surface area contributed by atoms with Crippen molar-refractivity contribution in [3.05, 3.63) is 35.4 Å². The molecule has 96 valence electrons. The van der Waals surface area contributed by atoms with E-state index in [1.165, 1.54) is 5.56 Å². The number of aryl methyl sites for hydroxylation is 1. The van der Waals surface area contributed by atoms with Gasteiger partial charge in [-0.15, -0.1) is 12.4 Å². The van der Waals surface area contributed by atoms with E-state index in [2.05, 4.69) is 12.2 Å². The van der Waals surface area contributed by atoms with Crippen LogP contribution in [0.4, 0.5) is 0 Å². The minimum absolute atomic E-state index is 0. The number of hydrogen-bond donors (Lipinski definition) is 1. The molecule has 0 spiro atoms. The van der Waals surface area contributed by atoms with E-state index in [1.54, 1.807) is 0 Å². The number of halogens is 1. The van der Waals surface area contributed by atoms with Gasteiger partial charge in [-0.25, -0.2) is 0 Å². The third kappa shape index (κ3) is 4.88. The summed E-state index contributed by atoms with van der Waals surface area (Å²) in [6.07, 6.45) is 3.13. The molecule has 3 heteroatoms. The van der Waals surface area contributed by atoms with Crippen LogP contribution in [0.25, 0.3) is 0 Å². The zero-order valence-corrected chi connectivity index (χ0v) is 11.6. The number of likely N-dealkylation sites (N-methyl/N-ethyl adjacent to an activating group) is 1. The summed E-state index contributed by atoms with van der Waals surface area (Å²) >= 11 is 0. The third-order valence-electron chi connectivity index (χ3n) is 2.85. The first-order valence-corrected chi connectivity index (χ1v) is 5.97. The molecule has 0 aliphatic heterocycles. The van der Waals surface area contributed by atoms with Crippen molar-refractivity contribution in [2.45, 2.75) is 39.2 Å². The maximum absolute atomic E-state index is 12.1. The number of carbonyl (C=O) groups excluding carboxylic acids is 1. The van der Waals surface area contributed by atoms with E-state index in [1.807, 2.05) is 38.2 Å². The molecule has 0 aliphatic carbocycles. The molecule has 0 saturated carbocycles. The molecule has 0 aliphatic rings. The molecule has 17 heavy (non-hydrogen) atoms. The number of unbranched alkanes of at least 4 members (excludes halogenated alkanes) is 1. The lowest BCUT2D eigenvalue weighted by atomic mass is 9.99. The van der Waals surface area contributed by atoms with E-state index in [9.17, 15) is 4.79 Å². The Morgan fingerprint density at radius 1 is 1.29 bits per heavy atom. The number of nitrogens with one attached hydrogen (secondary N) is 1. The standard InChI is InChI=1S/C14H21NO.ClH/c1-4-5-6-13(15-3)14(16)12-9-7-11(2)8-10-12;/h7-10,13,15H,4-6H2,1-3H3;1H. The smallest absolute Gasteiger partial charge is 0.179 e. The molecule has 1 N–H and O–H groups in total. The number of carbonyl (C=O) groups is 1. The molecule has 0 amide bonds. The molecular weight excluding hydrogens is 234 g/mol. The lowest BCUT2D eigenvalue weighted by molar-refractivity contribution is 0.0941. The van der Waals surface area contributed by atoms with Crippen molar-refractivity contribution in [2.24, 2.45) is 0 Å². The van der Waals surface area contributed by atoms with Gasteiger partial charge in [-0.3, -0.25) is 4.79 Å². The first kappa shape index (κ1) is 16.1. The Kier molecular flexibility index (Phi) is 7.85. The maximum atomic E-state index is 12.1. The fraction of sp³-hybridized carbons (Fsp3) is 0.500. The molecular formula is C14H22ClNO. The Labute approximate surface area is 110 Å². The van der Waals surface area contributed by atoms with Gasteiger partial charge in [0.15, 0.2) is 5.78 Å². The molecule has 0 radical (unpaired) electrons. The Balaban J connectivity index is 0.00000256. The van der Waals surface area contributed by atoms with Crippen molar-refractivity contribution in [1.82, 2.24) is 5.32 Å². The van der Waals surface area contributed by atoms with E-state index in [0.29, 0.717) is 0 Å². The third-order valence-corrected chi connectivity index (χ3v) is 2.85. The summed E-state index contributed by atoms with van der Waals surface area (Å²) < 4.78 is 0. The number of Topliss-reactive ketones (excluding diaryl/α,β-unsaturated/α-hetero) is 1. The average molecular weight is 256 g/mol. The topological polar surface area (TPSA) is 29.1 Å². The van der Waals surface area contributed by atoms with Gasteiger partial charge in [-0.2, -0.15) is 0 Å². The van der Waals surface area contributed by atoms with Gasteiger partial charge < -0.3 is 5.32 Å². The Bertz CT molecular complexity index is 335. The van der Waals surface area contributed by atoms with Crippen LogP contribution < -0.4 is 5.32 Å². The van der Waals surface area contributed by atoms with Crippen LogP contribution in [0, 0.1) is 6.92 Å². The lowest BCUT2D eigenvalue weighted by Crippen LogP contribution is -2.33. The number of hydrogen-bond acceptors (Lipinski definition) is 2. The van der Waals surface area contributed by atoms with E-state index >= 15 is 0 Å². The number of rotatable bonds is 6. The molecule has 0 bridgehead atoms. The summed E-state index contributed by atoms with van der Waals surface area (Å²) in [5.74, 6) is 0.205. The molecule has 0 aromatic heterocycles. The van der Waals surface area contributed by atoms with E-state index < -0.39 is 0 Å². The second-order valence-corrected chi connectivity index (χ2v) is 4.21. The predicted molar refractivity (Wildman–Crippen MR) is 75.1 cm³/mol. The predicted octanol–water partition coefficient (Wildman–Crippen LogP) is 3.38. The summed E-state index contributed by atoms with van der Waals surface area (Å²) in [5.41, 5.74) is 1.99.